The highest BCUT2D eigenvalue weighted by Crippen LogP contribution is 2.20. The Kier molecular flexibility index (Phi) is 3.52. The predicted octanol–water partition coefficient (Wildman–Crippen LogP) is 1.63. The molecule has 2 aromatic rings. The van der Waals surface area contributed by atoms with Gasteiger partial charge in [-0.2, -0.15) is 4.98 Å². The summed E-state index contributed by atoms with van der Waals surface area (Å²) in [7, 11) is 0. The Balaban J connectivity index is 1.67. The number of anilines is 1. The molecule has 3 heterocycles. The summed E-state index contributed by atoms with van der Waals surface area (Å²) in [5.41, 5.74) is 6.12. The first-order valence-corrected chi connectivity index (χ1v) is 7.54. The number of aromatic amines is 1. The molecule has 3 N–H and O–H groups in total. The minimum atomic E-state index is 0.216. The number of H-pyrrole nitrogens is 1. The Hall–Kier alpha value is -1.40. The van der Waals surface area contributed by atoms with Gasteiger partial charge in [0, 0.05) is 30.4 Å². The molecule has 2 atom stereocenters. The first kappa shape index (κ1) is 12.6. The second-order valence-electron chi connectivity index (χ2n) is 5.21. The number of nitrogens with one attached hydrogen (secondary N) is 1. The molecular weight excluding hydrogens is 258 g/mol. The van der Waals surface area contributed by atoms with Gasteiger partial charge in [0.05, 0.1) is 0 Å². The Morgan fingerprint density at radius 3 is 3.21 bits per heavy atom. The van der Waals surface area contributed by atoms with Crippen molar-refractivity contribution in [3.8, 4) is 0 Å². The van der Waals surface area contributed by atoms with E-state index in [1.807, 2.05) is 0 Å². The molecule has 102 valence electrons. The van der Waals surface area contributed by atoms with Gasteiger partial charge in [-0.05, 0) is 23.8 Å². The van der Waals surface area contributed by atoms with Gasteiger partial charge in [0.2, 0.25) is 5.95 Å². The number of hydrogen-bond acceptors (Lipinski definition) is 5. The minimum absolute atomic E-state index is 0.216. The Morgan fingerprint density at radius 2 is 2.47 bits per heavy atom. The van der Waals surface area contributed by atoms with E-state index in [0.29, 0.717) is 5.92 Å². The molecule has 0 spiro atoms. The highest BCUT2D eigenvalue weighted by atomic mass is 32.1. The van der Waals surface area contributed by atoms with Gasteiger partial charge in [0.25, 0.3) is 0 Å². The molecule has 2 unspecified atom stereocenters. The van der Waals surface area contributed by atoms with Crippen LogP contribution in [0.1, 0.15) is 24.0 Å². The third-order valence-electron chi connectivity index (χ3n) is 3.74. The zero-order chi connectivity index (χ0) is 13.2. The molecule has 0 bridgehead atoms. The summed E-state index contributed by atoms with van der Waals surface area (Å²) in [6.07, 6.45) is 1.93. The fourth-order valence-corrected chi connectivity index (χ4v) is 3.07. The Morgan fingerprint density at radius 1 is 1.58 bits per heavy atom. The molecule has 1 aliphatic rings. The summed E-state index contributed by atoms with van der Waals surface area (Å²) in [6, 6.07) is 4.39. The molecule has 0 radical (unpaired) electrons. The lowest BCUT2D eigenvalue weighted by molar-refractivity contribution is 0.376. The third kappa shape index (κ3) is 2.79. The van der Waals surface area contributed by atoms with Crippen molar-refractivity contribution in [3.63, 3.8) is 0 Å². The van der Waals surface area contributed by atoms with E-state index in [2.05, 4.69) is 44.5 Å². The van der Waals surface area contributed by atoms with Crippen LogP contribution in [-0.4, -0.2) is 34.3 Å². The van der Waals surface area contributed by atoms with Crippen molar-refractivity contribution in [2.45, 2.75) is 25.8 Å². The Labute approximate surface area is 116 Å². The van der Waals surface area contributed by atoms with E-state index in [9.17, 15) is 0 Å². The van der Waals surface area contributed by atoms with Crippen molar-refractivity contribution in [1.29, 1.82) is 0 Å². The summed E-state index contributed by atoms with van der Waals surface area (Å²) in [5.74, 6) is 2.29. The topological polar surface area (TPSA) is 70.8 Å². The number of aromatic nitrogens is 3. The van der Waals surface area contributed by atoms with Crippen LogP contribution in [0.2, 0.25) is 0 Å². The van der Waals surface area contributed by atoms with Gasteiger partial charge in [0.15, 0.2) is 0 Å². The van der Waals surface area contributed by atoms with Crippen LogP contribution in [-0.2, 0) is 6.42 Å². The highest BCUT2D eigenvalue weighted by Gasteiger charge is 2.25. The van der Waals surface area contributed by atoms with Crippen molar-refractivity contribution in [2.75, 3.05) is 18.0 Å². The van der Waals surface area contributed by atoms with Gasteiger partial charge in [-0.1, -0.05) is 13.0 Å². The van der Waals surface area contributed by atoms with Gasteiger partial charge in [0.1, 0.15) is 5.82 Å². The fourth-order valence-electron chi connectivity index (χ4n) is 2.36. The molecule has 3 rings (SSSR count). The zero-order valence-electron chi connectivity index (χ0n) is 11.0. The van der Waals surface area contributed by atoms with Crippen LogP contribution in [0.25, 0.3) is 0 Å². The van der Waals surface area contributed by atoms with E-state index < -0.39 is 0 Å². The fraction of sp³-hybridized carbons (Fsp3) is 0.538. The largest absolute Gasteiger partial charge is 0.338 e. The summed E-state index contributed by atoms with van der Waals surface area (Å²) in [5, 5.41) is 9.43. The number of thiophene rings is 1. The van der Waals surface area contributed by atoms with Crippen molar-refractivity contribution >= 4 is 17.3 Å². The van der Waals surface area contributed by atoms with E-state index in [1.165, 1.54) is 4.88 Å². The number of rotatable bonds is 3. The second-order valence-corrected chi connectivity index (χ2v) is 6.25. The zero-order valence-corrected chi connectivity index (χ0v) is 11.9. The standard InChI is InChI=1S/C13H19N5S/c1-9-4-5-18(8-11(9)14)13-15-12(16-17-13)7-10-3-2-6-19-10/h2-3,6,9,11H,4-5,7-8,14H2,1H3,(H,15,16,17). The number of nitrogens with zero attached hydrogens (tertiary/aromatic N) is 3. The number of hydrogen-bond donors (Lipinski definition) is 2. The van der Waals surface area contributed by atoms with Gasteiger partial charge >= 0.3 is 0 Å². The van der Waals surface area contributed by atoms with E-state index in [1.54, 1.807) is 11.3 Å². The molecule has 1 saturated heterocycles. The molecule has 1 aliphatic heterocycles. The number of piperidine rings is 1. The maximum Gasteiger partial charge on any atom is 0.244 e. The first-order chi connectivity index (χ1) is 9.22. The van der Waals surface area contributed by atoms with Crippen molar-refractivity contribution in [2.24, 2.45) is 11.7 Å². The number of nitrogens with two attached hydrogens (primary N) is 1. The highest BCUT2D eigenvalue weighted by molar-refractivity contribution is 7.09. The van der Waals surface area contributed by atoms with Crippen molar-refractivity contribution in [3.05, 3.63) is 28.2 Å². The maximum atomic E-state index is 6.12. The molecule has 1 fully saturated rings. The molecular formula is C13H19N5S. The van der Waals surface area contributed by atoms with Crippen LogP contribution in [0, 0.1) is 5.92 Å². The SMILES string of the molecule is CC1CCN(c2n[nH]c(Cc3cccs3)n2)CC1N. The minimum Gasteiger partial charge on any atom is -0.338 e. The molecule has 0 aromatic carbocycles. The summed E-state index contributed by atoms with van der Waals surface area (Å²) in [4.78, 5) is 8.06. The van der Waals surface area contributed by atoms with Crippen LogP contribution in [0.4, 0.5) is 5.95 Å². The molecule has 6 heteroatoms. The smallest absolute Gasteiger partial charge is 0.244 e. The van der Waals surface area contributed by atoms with Crippen LogP contribution in [0.15, 0.2) is 17.5 Å². The molecule has 2 aromatic heterocycles. The van der Waals surface area contributed by atoms with Crippen LogP contribution in [0.3, 0.4) is 0 Å². The predicted molar refractivity (Wildman–Crippen MR) is 77.5 cm³/mol. The second kappa shape index (κ2) is 5.30. The van der Waals surface area contributed by atoms with Gasteiger partial charge < -0.3 is 10.6 Å². The summed E-state index contributed by atoms with van der Waals surface area (Å²) in [6.45, 7) is 4.05. The van der Waals surface area contributed by atoms with E-state index in [4.69, 9.17) is 5.73 Å². The maximum absolute atomic E-state index is 6.12. The normalized spacial score (nSPS) is 23.8. The lowest BCUT2D eigenvalue weighted by Crippen LogP contribution is -2.48. The molecule has 0 aliphatic carbocycles. The van der Waals surface area contributed by atoms with Crippen molar-refractivity contribution < 1.29 is 0 Å². The van der Waals surface area contributed by atoms with E-state index in [0.717, 1.165) is 37.7 Å². The average Bonchev–Trinajstić information content (AvgIpc) is 3.05. The van der Waals surface area contributed by atoms with Crippen LogP contribution in [0.5, 0.6) is 0 Å². The van der Waals surface area contributed by atoms with E-state index in [-0.39, 0.29) is 6.04 Å². The van der Waals surface area contributed by atoms with Crippen LogP contribution >= 0.6 is 11.3 Å². The lowest BCUT2D eigenvalue weighted by atomic mass is 9.95. The quantitative estimate of drug-likeness (QED) is 0.894. The van der Waals surface area contributed by atoms with Gasteiger partial charge in [-0.15, -0.1) is 16.4 Å². The lowest BCUT2D eigenvalue weighted by Gasteiger charge is -2.34. The molecule has 19 heavy (non-hydrogen) atoms. The summed E-state index contributed by atoms with van der Waals surface area (Å²) >= 11 is 1.74. The monoisotopic (exact) mass is 277 g/mol. The van der Waals surface area contributed by atoms with Gasteiger partial charge in [-0.25, -0.2) is 0 Å². The molecule has 0 saturated carbocycles. The van der Waals surface area contributed by atoms with Crippen LogP contribution < -0.4 is 10.6 Å². The van der Waals surface area contributed by atoms with Gasteiger partial charge in [-0.3, -0.25) is 5.10 Å². The first-order valence-electron chi connectivity index (χ1n) is 6.66. The molecule has 5 nitrogen and oxygen atoms in total. The molecule has 0 amide bonds. The van der Waals surface area contributed by atoms with Crippen molar-refractivity contribution in [1.82, 2.24) is 15.2 Å². The van der Waals surface area contributed by atoms with E-state index >= 15 is 0 Å². The average molecular weight is 277 g/mol. The third-order valence-corrected chi connectivity index (χ3v) is 4.62. The Bertz CT molecular complexity index is 521. The summed E-state index contributed by atoms with van der Waals surface area (Å²) < 4.78 is 0.